The van der Waals surface area contributed by atoms with E-state index in [4.69, 9.17) is 10.5 Å². The van der Waals surface area contributed by atoms with Crippen molar-refractivity contribution in [2.24, 2.45) is 5.73 Å². The zero-order chi connectivity index (χ0) is 14.4. The van der Waals surface area contributed by atoms with Gasteiger partial charge < -0.3 is 10.5 Å². The van der Waals surface area contributed by atoms with Gasteiger partial charge in [0.15, 0.2) is 0 Å². The maximum atomic E-state index is 5.94. The van der Waals surface area contributed by atoms with Crippen LogP contribution >= 0.6 is 0 Å². The molecular weight excluding hydrogens is 248 g/mol. The molecule has 2 aromatic rings. The van der Waals surface area contributed by atoms with Gasteiger partial charge in [0.1, 0.15) is 11.5 Å². The lowest BCUT2D eigenvalue weighted by atomic mass is 10.1. The molecule has 3 nitrogen and oxygen atoms in total. The molecule has 0 aliphatic rings. The van der Waals surface area contributed by atoms with E-state index in [0.717, 1.165) is 36.5 Å². The first-order valence-corrected chi connectivity index (χ1v) is 7.21. The third-order valence-corrected chi connectivity index (χ3v) is 3.28. The minimum Gasteiger partial charge on any atom is -0.456 e. The van der Waals surface area contributed by atoms with Gasteiger partial charge in [-0.1, -0.05) is 32.4 Å². The predicted octanol–water partition coefficient (Wildman–Crippen LogP) is 4.24. The first kappa shape index (κ1) is 14.5. The van der Waals surface area contributed by atoms with Crippen molar-refractivity contribution in [2.45, 2.75) is 39.2 Å². The van der Waals surface area contributed by atoms with Crippen LogP contribution in [-0.4, -0.2) is 4.98 Å². The van der Waals surface area contributed by atoms with Crippen LogP contribution < -0.4 is 10.5 Å². The highest BCUT2D eigenvalue weighted by atomic mass is 16.5. The molecule has 0 spiro atoms. The van der Waals surface area contributed by atoms with E-state index in [2.05, 4.69) is 31.0 Å². The maximum Gasteiger partial charge on any atom is 0.145 e. The number of hydrogen-bond acceptors (Lipinski definition) is 3. The quantitative estimate of drug-likeness (QED) is 0.854. The Morgan fingerprint density at radius 3 is 2.30 bits per heavy atom. The van der Waals surface area contributed by atoms with Crippen molar-refractivity contribution in [1.82, 2.24) is 4.98 Å². The van der Waals surface area contributed by atoms with Crippen molar-refractivity contribution in [3.63, 3.8) is 0 Å². The number of nitrogens with two attached hydrogens (primary N) is 1. The normalized spacial score (nSPS) is 12.2. The lowest BCUT2D eigenvalue weighted by Gasteiger charge is -2.10. The highest BCUT2D eigenvalue weighted by molar-refractivity contribution is 5.32. The van der Waals surface area contributed by atoms with Gasteiger partial charge in [-0.3, -0.25) is 4.98 Å². The summed E-state index contributed by atoms with van der Waals surface area (Å²) in [6, 6.07) is 12.0. The van der Waals surface area contributed by atoms with Crippen molar-refractivity contribution >= 4 is 0 Å². The zero-order valence-corrected chi connectivity index (χ0v) is 12.2. The second kappa shape index (κ2) is 7.06. The van der Waals surface area contributed by atoms with E-state index < -0.39 is 0 Å². The number of ether oxygens (including phenoxy) is 1. The summed E-state index contributed by atoms with van der Waals surface area (Å²) in [6.45, 7) is 4.23. The molecular formula is C17H22N2O. The van der Waals surface area contributed by atoms with E-state index in [1.54, 1.807) is 6.20 Å². The molecule has 2 N–H and O–H groups in total. The molecule has 1 heterocycles. The average molecular weight is 270 g/mol. The summed E-state index contributed by atoms with van der Waals surface area (Å²) in [5.41, 5.74) is 8.18. The predicted molar refractivity (Wildman–Crippen MR) is 82.0 cm³/mol. The Labute approximate surface area is 120 Å². The van der Waals surface area contributed by atoms with Crippen LogP contribution in [-0.2, 0) is 6.42 Å². The molecule has 0 unspecified atom stereocenters. The molecule has 106 valence electrons. The SMILES string of the molecule is CCCc1ccc(Oc2ccc([C@H](N)CC)nc2)cc1. The Balaban J connectivity index is 2.02. The standard InChI is InChI=1S/C17H22N2O/c1-3-5-13-6-8-14(9-7-13)20-15-10-11-17(19-12-15)16(18)4-2/h6-12,16H,3-5,18H2,1-2H3/t16-/m1/s1. The van der Waals surface area contributed by atoms with Crippen molar-refractivity contribution in [3.8, 4) is 11.5 Å². The zero-order valence-electron chi connectivity index (χ0n) is 12.2. The van der Waals surface area contributed by atoms with Crippen molar-refractivity contribution in [1.29, 1.82) is 0 Å². The molecule has 0 radical (unpaired) electrons. The van der Waals surface area contributed by atoms with Gasteiger partial charge in [0.05, 0.1) is 11.9 Å². The molecule has 0 aliphatic carbocycles. The summed E-state index contributed by atoms with van der Waals surface area (Å²) in [4.78, 5) is 4.34. The van der Waals surface area contributed by atoms with E-state index in [9.17, 15) is 0 Å². The fourth-order valence-corrected chi connectivity index (χ4v) is 2.03. The number of benzene rings is 1. The van der Waals surface area contributed by atoms with Crippen LogP contribution in [0.25, 0.3) is 0 Å². The van der Waals surface area contributed by atoms with E-state index in [1.807, 2.05) is 24.3 Å². The Morgan fingerprint density at radius 2 is 1.75 bits per heavy atom. The summed E-state index contributed by atoms with van der Waals surface area (Å²) < 4.78 is 5.78. The van der Waals surface area contributed by atoms with E-state index in [0.29, 0.717) is 0 Å². The molecule has 1 atom stereocenters. The molecule has 1 aromatic heterocycles. The molecule has 0 saturated carbocycles. The summed E-state index contributed by atoms with van der Waals surface area (Å²) >= 11 is 0. The highest BCUT2D eigenvalue weighted by Gasteiger charge is 2.05. The third-order valence-electron chi connectivity index (χ3n) is 3.28. The summed E-state index contributed by atoms with van der Waals surface area (Å²) in [6.07, 6.45) is 4.87. The molecule has 1 aromatic carbocycles. The highest BCUT2D eigenvalue weighted by Crippen LogP contribution is 2.22. The number of aryl methyl sites for hydroxylation is 1. The van der Waals surface area contributed by atoms with Crippen LogP contribution in [0.15, 0.2) is 42.6 Å². The topological polar surface area (TPSA) is 48.1 Å². The number of rotatable bonds is 6. The van der Waals surface area contributed by atoms with E-state index in [-0.39, 0.29) is 6.04 Å². The minimum absolute atomic E-state index is 0.00243. The second-order valence-corrected chi connectivity index (χ2v) is 4.93. The molecule has 2 rings (SSSR count). The summed E-state index contributed by atoms with van der Waals surface area (Å²) in [5, 5.41) is 0. The molecule has 20 heavy (non-hydrogen) atoms. The first-order chi connectivity index (χ1) is 9.72. The first-order valence-electron chi connectivity index (χ1n) is 7.21. The Morgan fingerprint density at radius 1 is 1.05 bits per heavy atom. The average Bonchev–Trinajstić information content (AvgIpc) is 2.49. The number of aromatic nitrogens is 1. The molecule has 0 bridgehead atoms. The molecule has 3 heteroatoms. The van der Waals surface area contributed by atoms with Gasteiger partial charge in [-0.2, -0.15) is 0 Å². The lowest BCUT2D eigenvalue weighted by molar-refractivity contribution is 0.478. The minimum atomic E-state index is -0.00243. The van der Waals surface area contributed by atoms with Gasteiger partial charge in [0, 0.05) is 6.04 Å². The number of hydrogen-bond donors (Lipinski definition) is 1. The largest absolute Gasteiger partial charge is 0.456 e. The van der Waals surface area contributed by atoms with E-state index in [1.165, 1.54) is 5.56 Å². The second-order valence-electron chi connectivity index (χ2n) is 4.93. The van der Waals surface area contributed by atoms with Crippen LogP contribution in [0.3, 0.4) is 0 Å². The van der Waals surface area contributed by atoms with Crippen LogP contribution in [0.5, 0.6) is 11.5 Å². The van der Waals surface area contributed by atoms with Crippen LogP contribution in [0.4, 0.5) is 0 Å². The van der Waals surface area contributed by atoms with Gasteiger partial charge >= 0.3 is 0 Å². The van der Waals surface area contributed by atoms with Crippen LogP contribution in [0.1, 0.15) is 44.0 Å². The molecule has 0 saturated heterocycles. The van der Waals surface area contributed by atoms with E-state index >= 15 is 0 Å². The van der Waals surface area contributed by atoms with Gasteiger partial charge in [-0.05, 0) is 42.7 Å². The Bertz CT molecular complexity index is 520. The Hall–Kier alpha value is -1.87. The fourth-order valence-electron chi connectivity index (χ4n) is 2.03. The van der Waals surface area contributed by atoms with Gasteiger partial charge in [0.2, 0.25) is 0 Å². The smallest absolute Gasteiger partial charge is 0.145 e. The fraction of sp³-hybridized carbons (Fsp3) is 0.353. The summed E-state index contributed by atoms with van der Waals surface area (Å²) in [7, 11) is 0. The van der Waals surface area contributed by atoms with Crippen molar-refractivity contribution in [2.75, 3.05) is 0 Å². The van der Waals surface area contributed by atoms with Gasteiger partial charge in [-0.15, -0.1) is 0 Å². The molecule has 0 amide bonds. The Kier molecular flexibility index (Phi) is 5.13. The van der Waals surface area contributed by atoms with Gasteiger partial charge in [-0.25, -0.2) is 0 Å². The van der Waals surface area contributed by atoms with Crippen LogP contribution in [0.2, 0.25) is 0 Å². The van der Waals surface area contributed by atoms with Crippen LogP contribution in [0, 0.1) is 0 Å². The maximum absolute atomic E-state index is 5.94. The molecule has 0 aliphatic heterocycles. The lowest BCUT2D eigenvalue weighted by Crippen LogP contribution is -2.10. The number of pyridine rings is 1. The summed E-state index contributed by atoms with van der Waals surface area (Å²) in [5.74, 6) is 1.57. The number of nitrogens with zero attached hydrogens (tertiary/aromatic N) is 1. The van der Waals surface area contributed by atoms with Crippen molar-refractivity contribution < 1.29 is 4.74 Å². The van der Waals surface area contributed by atoms with Crippen molar-refractivity contribution in [3.05, 3.63) is 53.9 Å². The third kappa shape index (κ3) is 3.81. The monoisotopic (exact) mass is 270 g/mol. The van der Waals surface area contributed by atoms with Gasteiger partial charge in [0.25, 0.3) is 0 Å². The molecule has 0 fully saturated rings.